The van der Waals surface area contributed by atoms with Gasteiger partial charge < -0.3 is 15.4 Å². The molecule has 0 aromatic heterocycles. The Morgan fingerprint density at radius 3 is 3.06 bits per heavy atom. The van der Waals surface area contributed by atoms with E-state index in [-0.39, 0.29) is 11.9 Å². The van der Waals surface area contributed by atoms with Gasteiger partial charge in [-0.1, -0.05) is 18.2 Å². The van der Waals surface area contributed by atoms with Crippen molar-refractivity contribution in [3.63, 3.8) is 0 Å². The predicted octanol–water partition coefficient (Wildman–Crippen LogP) is 1.91. The Labute approximate surface area is 108 Å². The highest BCUT2D eigenvalue weighted by Crippen LogP contribution is 2.17. The molecule has 2 rings (SSSR count). The van der Waals surface area contributed by atoms with Gasteiger partial charge in [-0.15, -0.1) is 0 Å². The number of hydrogen-bond acceptors (Lipinski definition) is 3. The minimum Gasteiger partial charge on any atom is -0.377 e. The van der Waals surface area contributed by atoms with Crippen LogP contribution in [0.1, 0.15) is 25.3 Å². The van der Waals surface area contributed by atoms with Gasteiger partial charge in [0.25, 0.3) is 0 Å². The molecule has 98 valence electrons. The third-order valence-electron chi connectivity index (χ3n) is 3.11. The maximum absolute atomic E-state index is 12.0. The maximum atomic E-state index is 12.0. The van der Waals surface area contributed by atoms with Crippen molar-refractivity contribution in [2.75, 3.05) is 18.5 Å². The van der Waals surface area contributed by atoms with Gasteiger partial charge in [0.2, 0.25) is 5.91 Å². The maximum Gasteiger partial charge on any atom is 0.241 e. The van der Waals surface area contributed by atoms with Crippen molar-refractivity contribution >= 4 is 11.6 Å². The van der Waals surface area contributed by atoms with Gasteiger partial charge in [-0.05, 0) is 32.4 Å². The lowest BCUT2D eigenvalue weighted by atomic mass is 10.1. The van der Waals surface area contributed by atoms with Crippen molar-refractivity contribution in [2.45, 2.75) is 32.4 Å². The van der Waals surface area contributed by atoms with Gasteiger partial charge in [0.15, 0.2) is 0 Å². The SMILES string of the molecule is CCOCc1ccccc1NC(=O)[C@H]1CCCN1. The molecule has 18 heavy (non-hydrogen) atoms. The number of carbonyl (C=O) groups is 1. The first-order valence-corrected chi connectivity index (χ1v) is 6.51. The van der Waals surface area contributed by atoms with Crippen molar-refractivity contribution in [1.29, 1.82) is 0 Å². The second kappa shape index (κ2) is 6.52. The summed E-state index contributed by atoms with van der Waals surface area (Å²) in [5.41, 5.74) is 1.87. The van der Waals surface area contributed by atoms with Crippen molar-refractivity contribution in [3.8, 4) is 0 Å². The lowest BCUT2D eigenvalue weighted by Gasteiger charge is -2.14. The smallest absolute Gasteiger partial charge is 0.241 e. The van der Waals surface area contributed by atoms with Crippen LogP contribution in [0.4, 0.5) is 5.69 Å². The second-order valence-electron chi connectivity index (χ2n) is 4.43. The highest BCUT2D eigenvalue weighted by molar-refractivity contribution is 5.95. The molecule has 0 bridgehead atoms. The van der Waals surface area contributed by atoms with E-state index in [0.717, 1.165) is 30.6 Å². The van der Waals surface area contributed by atoms with Crippen LogP contribution >= 0.6 is 0 Å². The van der Waals surface area contributed by atoms with Crippen LogP contribution < -0.4 is 10.6 Å². The summed E-state index contributed by atoms with van der Waals surface area (Å²) in [6, 6.07) is 7.73. The molecule has 1 heterocycles. The predicted molar refractivity (Wildman–Crippen MR) is 71.4 cm³/mol. The molecular weight excluding hydrogens is 228 g/mol. The zero-order chi connectivity index (χ0) is 12.8. The van der Waals surface area contributed by atoms with Crippen LogP contribution in [0.3, 0.4) is 0 Å². The first-order chi connectivity index (χ1) is 8.81. The Kier molecular flexibility index (Phi) is 4.73. The molecule has 0 aliphatic carbocycles. The Hall–Kier alpha value is -1.39. The fourth-order valence-electron chi connectivity index (χ4n) is 2.11. The van der Waals surface area contributed by atoms with E-state index in [9.17, 15) is 4.79 Å². The van der Waals surface area contributed by atoms with Gasteiger partial charge >= 0.3 is 0 Å². The fourth-order valence-corrected chi connectivity index (χ4v) is 2.11. The van der Waals surface area contributed by atoms with Crippen LogP contribution in [-0.4, -0.2) is 25.1 Å². The Balaban J connectivity index is 2.00. The van der Waals surface area contributed by atoms with Crippen LogP contribution in [0, 0.1) is 0 Å². The van der Waals surface area contributed by atoms with E-state index in [1.165, 1.54) is 0 Å². The summed E-state index contributed by atoms with van der Waals surface area (Å²) in [4.78, 5) is 12.0. The number of nitrogens with one attached hydrogen (secondary N) is 2. The lowest BCUT2D eigenvalue weighted by Crippen LogP contribution is -2.35. The highest BCUT2D eigenvalue weighted by Gasteiger charge is 2.22. The molecule has 0 saturated carbocycles. The van der Waals surface area contributed by atoms with Gasteiger partial charge in [-0.3, -0.25) is 4.79 Å². The van der Waals surface area contributed by atoms with Crippen LogP contribution in [-0.2, 0) is 16.1 Å². The van der Waals surface area contributed by atoms with E-state index < -0.39 is 0 Å². The number of hydrogen-bond donors (Lipinski definition) is 2. The monoisotopic (exact) mass is 248 g/mol. The first kappa shape index (κ1) is 13.1. The molecule has 4 heteroatoms. The third kappa shape index (κ3) is 3.31. The third-order valence-corrected chi connectivity index (χ3v) is 3.11. The molecular formula is C14H20N2O2. The van der Waals surface area contributed by atoms with Crippen molar-refractivity contribution in [2.24, 2.45) is 0 Å². The van der Waals surface area contributed by atoms with Crippen LogP contribution in [0.2, 0.25) is 0 Å². The molecule has 1 aromatic carbocycles. The first-order valence-electron chi connectivity index (χ1n) is 6.51. The second-order valence-corrected chi connectivity index (χ2v) is 4.43. The van der Waals surface area contributed by atoms with Gasteiger partial charge in [-0.2, -0.15) is 0 Å². The van der Waals surface area contributed by atoms with Crippen molar-refractivity contribution in [3.05, 3.63) is 29.8 Å². The number of anilines is 1. The molecule has 1 amide bonds. The van der Waals surface area contributed by atoms with E-state index >= 15 is 0 Å². The number of amides is 1. The van der Waals surface area contributed by atoms with Crippen molar-refractivity contribution in [1.82, 2.24) is 5.32 Å². The summed E-state index contributed by atoms with van der Waals surface area (Å²) in [6.45, 7) is 4.10. The van der Waals surface area contributed by atoms with Crippen LogP contribution in [0.5, 0.6) is 0 Å². The molecule has 1 aromatic rings. The summed E-state index contributed by atoms with van der Waals surface area (Å²) >= 11 is 0. The minimum absolute atomic E-state index is 0.0508. The summed E-state index contributed by atoms with van der Waals surface area (Å²) in [6.07, 6.45) is 1.98. The molecule has 0 spiro atoms. The average Bonchev–Trinajstić information content (AvgIpc) is 2.91. The molecule has 1 aliphatic heterocycles. The fraction of sp³-hybridized carbons (Fsp3) is 0.500. The summed E-state index contributed by atoms with van der Waals surface area (Å²) in [5.74, 6) is 0.0523. The molecule has 1 fully saturated rings. The van der Waals surface area contributed by atoms with Gasteiger partial charge in [-0.25, -0.2) is 0 Å². The molecule has 0 unspecified atom stereocenters. The van der Waals surface area contributed by atoms with E-state index in [2.05, 4.69) is 10.6 Å². The Morgan fingerprint density at radius 1 is 1.50 bits per heavy atom. The summed E-state index contributed by atoms with van der Waals surface area (Å²) in [5, 5.41) is 6.18. The van der Waals surface area contributed by atoms with E-state index in [1.54, 1.807) is 0 Å². The molecule has 2 N–H and O–H groups in total. The molecule has 1 atom stereocenters. The van der Waals surface area contributed by atoms with Crippen LogP contribution in [0.15, 0.2) is 24.3 Å². The van der Waals surface area contributed by atoms with E-state index in [4.69, 9.17) is 4.74 Å². The average molecular weight is 248 g/mol. The number of rotatable bonds is 5. The quantitative estimate of drug-likeness (QED) is 0.837. The zero-order valence-electron chi connectivity index (χ0n) is 10.7. The van der Waals surface area contributed by atoms with Crippen LogP contribution in [0.25, 0.3) is 0 Å². The molecule has 1 aliphatic rings. The topological polar surface area (TPSA) is 50.4 Å². The van der Waals surface area contributed by atoms with E-state index in [1.807, 2.05) is 31.2 Å². The van der Waals surface area contributed by atoms with Gasteiger partial charge in [0, 0.05) is 17.9 Å². The largest absolute Gasteiger partial charge is 0.377 e. The number of para-hydroxylation sites is 1. The highest BCUT2D eigenvalue weighted by atomic mass is 16.5. The summed E-state index contributed by atoms with van der Waals surface area (Å²) < 4.78 is 5.40. The van der Waals surface area contributed by atoms with E-state index in [0.29, 0.717) is 13.2 Å². The molecule has 1 saturated heterocycles. The Bertz CT molecular complexity index is 401. The number of carbonyl (C=O) groups excluding carboxylic acids is 1. The minimum atomic E-state index is -0.0508. The number of ether oxygens (including phenoxy) is 1. The zero-order valence-corrected chi connectivity index (χ0v) is 10.7. The summed E-state index contributed by atoms with van der Waals surface area (Å²) in [7, 11) is 0. The Morgan fingerprint density at radius 2 is 2.33 bits per heavy atom. The molecule has 4 nitrogen and oxygen atoms in total. The lowest BCUT2D eigenvalue weighted by molar-refractivity contribution is -0.117. The number of benzene rings is 1. The standard InChI is InChI=1S/C14H20N2O2/c1-2-18-10-11-6-3-4-7-12(11)16-14(17)13-8-5-9-15-13/h3-4,6-7,13,15H,2,5,8-10H2,1H3,(H,16,17)/t13-/m1/s1. The molecule has 0 radical (unpaired) electrons. The normalized spacial score (nSPS) is 18.8. The van der Waals surface area contributed by atoms with Crippen molar-refractivity contribution < 1.29 is 9.53 Å². The van der Waals surface area contributed by atoms with Gasteiger partial charge in [0.05, 0.1) is 12.6 Å². The van der Waals surface area contributed by atoms with Gasteiger partial charge in [0.1, 0.15) is 0 Å².